The monoisotopic (exact) mass is 334 g/mol. The number of hydrogen-bond donors (Lipinski definition) is 0. The van der Waals surface area contributed by atoms with Gasteiger partial charge in [0.15, 0.2) is 16.7 Å². The third kappa shape index (κ3) is 4.38. The zero-order valence-corrected chi connectivity index (χ0v) is 14.9. The van der Waals surface area contributed by atoms with Crippen molar-refractivity contribution in [2.75, 3.05) is 25.4 Å². The van der Waals surface area contributed by atoms with Crippen LogP contribution in [0.1, 0.15) is 33.1 Å². The molecule has 0 N–H and O–H groups in total. The Morgan fingerprint density at radius 2 is 2.04 bits per heavy atom. The normalized spacial score (nSPS) is 16.3. The summed E-state index contributed by atoms with van der Waals surface area (Å²) in [7, 11) is 0. The Morgan fingerprint density at radius 1 is 1.22 bits per heavy atom. The molecule has 0 spiro atoms. The zero-order valence-electron chi connectivity index (χ0n) is 14.1. The standard InChI is InChI=1S/C17H26N4OS/c1-14(2)13-21-16(15-7-6-11-22-15)18-19-17(21)23-12-10-20-8-4-3-5-9-20/h6-7,11,14H,3-5,8-10,12-13H2,1-2H3. The minimum Gasteiger partial charge on any atom is -0.461 e. The number of hydrogen-bond acceptors (Lipinski definition) is 5. The highest BCUT2D eigenvalue weighted by atomic mass is 32.2. The Labute approximate surface area is 142 Å². The largest absolute Gasteiger partial charge is 0.461 e. The smallest absolute Gasteiger partial charge is 0.200 e. The molecule has 5 nitrogen and oxygen atoms in total. The summed E-state index contributed by atoms with van der Waals surface area (Å²) in [6.45, 7) is 8.97. The summed E-state index contributed by atoms with van der Waals surface area (Å²) in [6.07, 6.45) is 5.76. The molecule has 0 aliphatic carbocycles. The van der Waals surface area contributed by atoms with Crippen LogP contribution in [0.5, 0.6) is 0 Å². The van der Waals surface area contributed by atoms with Gasteiger partial charge in [-0.15, -0.1) is 10.2 Å². The Kier molecular flexibility index (Phi) is 5.78. The average molecular weight is 334 g/mol. The first-order valence-electron chi connectivity index (χ1n) is 8.56. The Balaban J connectivity index is 1.66. The molecule has 0 aromatic carbocycles. The first kappa shape index (κ1) is 16.6. The van der Waals surface area contributed by atoms with E-state index in [2.05, 4.69) is 33.5 Å². The fraction of sp³-hybridized carbons (Fsp3) is 0.647. The molecule has 0 atom stereocenters. The van der Waals surface area contributed by atoms with Crippen LogP contribution in [-0.4, -0.2) is 45.1 Å². The highest BCUT2D eigenvalue weighted by molar-refractivity contribution is 7.99. The molecule has 0 saturated carbocycles. The van der Waals surface area contributed by atoms with E-state index in [4.69, 9.17) is 4.42 Å². The summed E-state index contributed by atoms with van der Waals surface area (Å²) in [5.41, 5.74) is 0. The van der Waals surface area contributed by atoms with Gasteiger partial charge in [0.1, 0.15) is 0 Å². The van der Waals surface area contributed by atoms with E-state index in [9.17, 15) is 0 Å². The van der Waals surface area contributed by atoms with Gasteiger partial charge in [0.2, 0.25) is 0 Å². The first-order chi connectivity index (χ1) is 11.2. The maximum Gasteiger partial charge on any atom is 0.200 e. The molecule has 1 saturated heterocycles. The van der Waals surface area contributed by atoms with Gasteiger partial charge in [-0.3, -0.25) is 4.57 Å². The summed E-state index contributed by atoms with van der Waals surface area (Å²) >= 11 is 1.81. The van der Waals surface area contributed by atoms with Gasteiger partial charge >= 0.3 is 0 Å². The summed E-state index contributed by atoms with van der Waals surface area (Å²) in [5.74, 6) is 3.24. The molecule has 1 aliphatic rings. The number of furan rings is 1. The van der Waals surface area contributed by atoms with E-state index in [1.165, 1.54) is 32.4 Å². The lowest BCUT2D eigenvalue weighted by Gasteiger charge is -2.25. The molecule has 2 aromatic rings. The van der Waals surface area contributed by atoms with Crippen LogP contribution in [0.3, 0.4) is 0 Å². The minimum atomic E-state index is 0.543. The minimum absolute atomic E-state index is 0.543. The van der Waals surface area contributed by atoms with E-state index in [0.29, 0.717) is 5.92 Å². The first-order valence-corrected chi connectivity index (χ1v) is 9.55. The van der Waals surface area contributed by atoms with Gasteiger partial charge in [-0.2, -0.15) is 0 Å². The van der Waals surface area contributed by atoms with Crippen LogP contribution in [0.25, 0.3) is 11.6 Å². The molecule has 3 rings (SSSR count). The molecule has 0 unspecified atom stereocenters. The number of likely N-dealkylation sites (tertiary alicyclic amines) is 1. The number of aromatic nitrogens is 3. The number of piperidine rings is 1. The molecular formula is C17H26N4OS. The zero-order chi connectivity index (χ0) is 16.1. The lowest BCUT2D eigenvalue weighted by atomic mass is 10.1. The van der Waals surface area contributed by atoms with Gasteiger partial charge in [-0.25, -0.2) is 0 Å². The predicted octanol–water partition coefficient (Wildman–Crippen LogP) is 3.77. The van der Waals surface area contributed by atoms with Gasteiger partial charge in [-0.05, 0) is 44.0 Å². The van der Waals surface area contributed by atoms with Crippen LogP contribution in [-0.2, 0) is 6.54 Å². The second kappa shape index (κ2) is 8.02. The molecule has 1 aliphatic heterocycles. The molecule has 3 heterocycles. The van der Waals surface area contributed by atoms with E-state index in [-0.39, 0.29) is 0 Å². The van der Waals surface area contributed by atoms with Crippen molar-refractivity contribution in [3.05, 3.63) is 18.4 Å². The molecular weight excluding hydrogens is 308 g/mol. The van der Waals surface area contributed by atoms with E-state index in [0.717, 1.165) is 35.6 Å². The maximum atomic E-state index is 5.51. The third-order valence-corrected chi connectivity index (χ3v) is 5.04. The third-order valence-electron chi connectivity index (χ3n) is 4.09. The molecule has 2 aromatic heterocycles. The Morgan fingerprint density at radius 3 is 2.74 bits per heavy atom. The molecule has 6 heteroatoms. The van der Waals surface area contributed by atoms with Crippen LogP contribution < -0.4 is 0 Å². The van der Waals surface area contributed by atoms with Gasteiger partial charge in [0, 0.05) is 18.8 Å². The van der Waals surface area contributed by atoms with Crippen LogP contribution in [0, 0.1) is 5.92 Å². The maximum absolute atomic E-state index is 5.51. The number of nitrogens with zero attached hydrogens (tertiary/aromatic N) is 4. The van der Waals surface area contributed by atoms with Crippen molar-refractivity contribution in [1.82, 2.24) is 19.7 Å². The van der Waals surface area contributed by atoms with Gasteiger partial charge in [-0.1, -0.05) is 32.0 Å². The number of rotatable bonds is 7. The van der Waals surface area contributed by atoms with Crippen molar-refractivity contribution >= 4 is 11.8 Å². The van der Waals surface area contributed by atoms with E-state index in [1.807, 2.05) is 12.1 Å². The number of thioether (sulfide) groups is 1. The second-order valence-electron chi connectivity index (χ2n) is 6.54. The lowest BCUT2D eigenvalue weighted by molar-refractivity contribution is 0.242. The Hall–Kier alpha value is -1.27. The van der Waals surface area contributed by atoms with E-state index >= 15 is 0 Å². The highest BCUT2D eigenvalue weighted by Gasteiger charge is 2.17. The highest BCUT2D eigenvalue weighted by Crippen LogP contribution is 2.25. The Bertz CT molecular complexity index is 588. The van der Waals surface area contributed by atoms with Crippen molar-refractivity contribution in [3.8, 4) is 11.6 Å². The van der Waals surface area contributed by atoms with Crippen molar-refractivity contribution in [3.63, 3.8) is 0 Å². The summed E-state index contributed by atoms with van der Waals surface area (Å²) in [5, 5.41) is 9.77. The van der Waals surface area contributed by atoms with E-state index in [1.54, 1.807) is 18.0 Å². The SMILES string of the molecule is CC(C)Cn1c(SCCN2CCCCC2)nnc1-c1ccco1. The van der Waals surface area contributed by atoms with Crippen LogP contribution in [0.2, 0.25) is 0 Å². The summed E-state index contributed by atoms with van der Waals surface area (Å²) in [4.78, 5) is 2.56. The molecule has 126 valence electrons. The van der Waals surface area contributed by atoms with Gasteiger partial charge in [0.25, 0.3) is 0 Å². The van der Waals surface area contributed by atoms with Gasteiger partial charge < -0.3 is 9.32 Å². The second-order valence-corrected chi connectivity index (χ2v) is 7.60. The van der Waals surface area contributed by atoms with Crippen LogP contribution >= 0.6 is 11.8 Å². The quantitative estimate of drug-likeness (QED) is 0.721. The fourth-order valence-corrected chi connectivity index (χ4v) is 3.91. The predicted molar refractivity (Wildman–Crippen MR) is 93.6 cm³/mol. The molecule has 0 amide bonds. The van der Waals surface area contributed by atoms with E-state index < -0.39 is 0 Å². The average Bonchev–Trinajstić information content (AvgIpc) is 3.18. The topological polar surface area (TPSA) is 47.1 Å². The van der Waals surface area contributed by atoms with Crippen molar-refractivity contribution in [2.24, 2.45) is 5.92 Å². The summed E-state index contributed by atoms with van der Waals surface area (Å²) < 4.78 is 7.71. The molecule has 0 radical (unpaired) electrons. The van der Waals surface area contributed by atoms with Gasteiger partial charge in [0.05, 0.1) is 6.26 Å². The van der Waals surface area contributed by atoms with Crippen molar-refractivity contribution in [1.29, 1.82) is 0 Å². The summed E-state index contributed by atoms with van der Waals surface area (Å²) in [6, 6.07) is 3.84. The van der Waals surface area contributed by atoms with Crippen LogP contribution in [0.15, 0.2) is 28.0 Å². The van der Waals surface area contributed by atoms with Crippen molar-refractivity contribution in [2.45, 2.75) is 44.8 Å². The molecule has 23 heavy (non-hydrogen) atoms. The lowest BCUT2D eigenvalue weighted by Crippen LogP contribution is -2.31. The molecule has 1 fully saturated rings. The molecule has 0 bridgehead atoms. The van der Waals surface area contributed by atoms with Crippen molar-refractivity contribution < 1.29 is 4.42 Å². The van der Waals surface area contributed by atoms with Crippen LogP contribution in [0.4, 0.5) is 0 Å². The fourth-order valence-electron chi connectivity index (χ4n) is 2.96.